The molecule has 1 unspecified atom stereocenters. The van der Waals surface area contributed by atoms with Crippen molar-refractivity contribution < 1.29 is 5.11 Å². The highest BCUT2D eigenvalue weighted by Gasteiger charge is 2.08. The van der Waals surface area contributed by atoms with Gasteiger partial charge in [-0.05, 0) is 12.0 Å². The van der Waals surface area contributed by atoms with E-state index in [0.29, 0.717) is 11.6 Å². The van der Waals surface area contributed by atoms with E-state index in [-0.39, 0.29) is 12.6 Å². The van der Waals surface area contributed by atoms with Crippen molar-refractivity contribution in [1.29, 1.82) is 0 Å². The molecule has 0 aliphatic rings. The molecular weight excluding hydrogens is 306 g/mol. The van der Waals surface area contributed by atoms with Gasteiger partial charge >= 0.3 is 0 Å². The van der Waals surface area contributed by atoms with Gasteiger partial charge in [-0.25, -0.2) is 4.98 Å². The van der Waals surface area contributed by atoms with E-state index in [2.05, 4.69) is 15.2 Å². The van der Waals surface area contributed by atoms with E-state index >= 15 is 0 Å². The van der Waals surface area contributed by atoms with E-state index in [4.69, 9.17) is 0 Å². The number of aliphatic hydroxyl groups excluding tert-OH is 1. The predicted molar refractivity (Wildman–Crippen MR) is 93.1 cm³/mol. The summed E-state index contributed by atoms with van der Waals surface area (Å²) in [6, 6.07) is 19.7. The largest absolute Gasteiger partial charge is 0.394 e. The molecule has 1 heterocycles. The number of azo groups is 1. The number of hydrogen-bond acceptors (Lipinski definition) is 5. The fourth-order valence-electron chi connectivity index (χ4n) is 2.21. The van der Waals surface area contributed by atoms with Crippen molar-refractivity contribution in [2.45, 2.75) is 12.5 Å². The highest BCUT2D eigenvalue weighted by atomic mass is 32.1. The van der Waals surface area contributed by atoms with E-state index < -0.39 is 0 Å². The third-order valence-corrected chi connectivity index (χ3v) is 4.12. The topological polar surface area (TPSA) is 57.8 Å². The molecule has 0 amide bonds. The minimum absolute atomic E-state index is 0.0324. The number of nitrogens with zero attached hydrogens (tertiary/aromatic N) is 3. The Kier molecular flexibility index (Phi) is 5.24. The summed E-state index contributed by atoms with van der Waals surface area (Å²) < 4.78 is 0. The number of thiazole rings is 1. The monoisotopic (exact) mass is 323 g/mol. The van der Waals surface area contributed by atoms with Crippen LogP contribution >= 0.6 is 11.3 Å². The lowest BCUT2D eigenvalue weighted by atomic mass is 10.1. The Morgan fingerprint density at radius 3 is 2.39 bits per heavy atom. The smallest absolute Gasteiger partial charge is 0.230 e. The average Bonchev–Trinajstić information content (AvgIpc) is 3.09. The van der Waals surface area contributed by atoms with Gasteiger partial charge in [0.15, 0.2) is 0 Å². The van der Waals surface area contributed by atoms with Crippen LogP contribution in [0.1, 0.15) is 5.56 Å². The molecule has 0 fully saturated rings. The lowest BCUT2D eigenvalue weighted by molar-refractivity contribution is 0.262. The normalized spacial score (nSPS) is 12.6. The van der Waals surface area contributed by atoms with Crippen LogP contribution in [0.5, 0.6) is 0 Å². The average molecular weight is 323 g/mol. The summed E-state index contributed by atoms with van der Waals surface area (Å²) in [7, 11) is 0. The highest BCUT2D eigenvalue weighted by molar-refractivity contribution is 7.13. The molecule has 116 valence electrons. The fourth-order valence-corrected chi connectivity index (χ4v) is 2.86. The molecule has 4 nitrogen and oxygen atoms in total. The minimum Gasteiger partial charge on any atom is -0.394 e. The first-order chi connectivity index (χ1) is 11.3. The van der Waals surface area contributed by atoms with Crippen LogP contribution in [-0.4, -0.2) is 22.7 Å². The number of rotatable bonds is 6. The zero-order valence-electron chi connectivity index (χ0n) is 12.5. The fraction of sp³-hybridized carbons (Fsp3) is 0.167. The van der Waals surface area contributed by atoms with Gasteiger partial charge in [0, 0.05) is 10.9 Å². The summed E-state index contributed by atoms with van der Waals surface area (Å²) in [6.45, 7) is -0.0324. The van der Waals surface area contributed by atoms with E-state index in [1.165, 1.54) is 11.3 Å². The zero-order chi connectivity index (χ0) is 15.9. The summed E-state index contributed by atoms with van der Waals surface area (Å²) in [5.41, 5.74) is 3.09. The summed E-state index contributed by atoms with van der Waals surface area (Å²) in [5.74, 6) is 0. The van der Waals surface area contributed by atoms with Gasteiger partial charge in [0.25, 0.3) is 0 Å². The lowest BCUT2D eigenvalue weighted by Crippen LogP contribution is -2.12. The minimum atomic E-state index is -0.249. The summed E-state index contributed by atoms with van der Waals surface area (Å²) in [6.07, 6.45) is 0.664. The molecule has 1 atom stereocenters. The molecule has 3 rings (SSSR count). The molecule has 0 saturated heterocycles. The van der Waals surface area contributed by atoms with Crippen LogP contribution < -0.4 is 0 Å². The van der Waals surface area contributed by atoms with Gasteiger partial charge < -0.3 is 5.11 Å². The van der Waals surface area contributed by atoms with Crippen molar-refractivity contribution >= 4 is 16.5 Å². The van der Waals surface area contributed by atoms with Crippen molar-refractivity contribution in [3.05, 3.63) is 71.6 Å². The number of aliphatic hydroxyl groups is 1. The zero-order valence-corrected chi connectivity index (χ0v) is 13.4. The quantitative estimate of drug-likeness (QED) is 0.679. The first kappa shape index (κ1) is 15.5. The van der Waals surface area contributed by atoms with Gasteiger partial charge in [-0.15, -0.1) is 16.5 Å². The second-order valence-corrected chi connectivity index (χ2v) is 5.96. The van der Waals surface area contributed by atoms with Crippen molar-refractivity contribution in [2.24, 2.45) is 10.2 Å². The molecule has 0 bridgehead atoms. The Hall–Kier alpha value is -2.37. The number of aromatic nitrogens is 1. The Balaban J connectivity index is 1.68. The molecule has 0 saturated carbocycles. The third kappa shape index (κ3) is 4.31. The van der Waals surface area contributed by atoms with E-state index in [9.17, 15) is 5.11 Å². The maximum atomic E-state index is 9.48. The predicted octanol–water partition coefficient (Wildman–Crippen LogP) is 4.50. The molecule has 5 heteroatoms. The summed E-state index contributed by atoms with van der Waals surface area (Å²) >= 11 is 1.45. The summed E-state index contributed by atoms with van der Waals surface area (Å²) in [4.78, 5) is 4.47. The van der Waals surface area contributed by atoms with Crippen LogP contribution in [0, 0.1) is 0 Å². The van der Waals surface area contributed by atoms with Crippen LogP contribution in [0.15, 0.2) is 76.3 Å². The standard InChI is InChI=1S/C18H17N3OS/c22-12-16(11-14-7-3-1-4-8-14)20-21-18-19-17(13-23-18)15-9-5-2-6-10-15/h1-10,13,16,22H,11-12H2. The highest BCUT2D eigenvalue weighted by Crippen LogP contribution is 2.27. The van der Waals surface area contributed by atoms with Crippen molar-refractivity contribution in [3.63, 3.8) is 0 Å². The van der Waals surface area contributed by atoms with Crippen LogP contribution in [-0.2, 0) is 6.42 Å². The molecule has 0 aliphatic heterocycles. The first-order valence-corrected chi connectivity index (χ1v) is 8.29. The van der Waals surface area contributed by atoms with Gasteiger partial charge in [0.1, 0.15) is 0 Å². The number of benzene rings is 2. The molecular formula is C18H17N3OS. The molecule has 0 spiro atoms. The molecule has 0 radical (unpaired) electrons. The third-order valence-electron chi connectivity index (χ3n) is 3.39. The maximum absolute atomic E-state index is 9.48. The second-order valence-electron chi connectivity index (χ2n) is 5.12. The first-order valence-electron chi connectivity index (χ1n) is 7.42. The Morgan fingerprint density at radius 2 is 1.70 bits per heavy atom. The Labute approximate surface area is 139 Å². The van der Waals surface area contributed by atoms with Crippen LogP contribution in [0.4, 0.5) is 5.13 Å². The van der Waals surface area contributed by atoms with Gasteiger partial charge in [0.05, 0.1) is 18.3 Å². The molecule has 1 aromatic heterocycles. The van der Waals surface area contributed by atoms with Crippen molar-refractivity contribution in [1.82, 2.24) is 4.98 Å². The second kappa shape index (κ2) is 7.76. The van der Waals surface area contributed by atoms with Gasteiger partial charge in [-0.1, -0.05) is 60.7 Å². The lowest BCUT2D eigenvalue weighted by Gasteiger charge is -2.07. The van der Waals surface area contributed by atoms with E-state index in [1.54, 1.807) is 0 Å². The van der Waals surface area contributed by atoms with Crippen LogP contribution in [0.2, 0.25) is 0 Å². The van der Waals surface area contributed by atoms with Gasteiger partial charge in [-0.2, -0.15) is 5.11 Å². The maximum Gasteiger partial charge on any atom is 0.230 e. The van der Waals surface area contributed by atoms with Crippen molar-refractivity contribution in [3.8, 4) is 11.3 Å². The van der Waals surface area contributed by atoms with Crippen LogP contribution in [0.25, 0.3) is 11.3 Å². The molecule has 23 heavy (non-hydrogen) atoms. The summed E-state index contributed by atoms with van der Waals surface area (Å²) in [5, 5.41) is 20.5. The van der Waals surface area contributed by atoms with Gasteiger partial charge in [0.2, 0.25) is 5.13 Å². The molecule has 2 aromatic carbocycles. The Bertz CT molecular complexity index is 756. The molecule has 0 aliphatic carbocycles. The van der Waals surface area contributed by atoms with E-state index in [1.807, 2.05) is 66.0 Å². The van der Waals surface area contributed by atoms with E-state index in [0.717, 1.165) is 16.8 Å². The van der Waals surface area contributed by atoms with Crippen molar-refractivity contribution in [2.75, 3.05) is 6.61 Å². The van der Waals surface area contributed by atoms with Gasteiger partial charge in [-0.3, -0.25) is 0 Å². The Morgan fingerprint density at radius 1 is 1.00 bits per heavy atom. The molecule has 1 N–H and O–H groups in total. The van der Waals surface area contributed by atoms with Crippen LogP contribution in [0.3, 0.4) is 0 Å². The SMILES string of the molecule is OCC(Cc1ccccc1)N=Nc1nc(-c2ccccc2)cs1. The number of hydrogen-bond donors (Lipinski definition) is 1. The molecule has 3 aromatic rings.